The third-order valence-corrected chi connectivity index (χ3v) is 5.25. The zero-order valence-corrected chi connectivity index (χ0v) is 17.3. The highest BCUT2D eigenvalue weighted by Gasteiger charge is 2.40. The number of benzene rings is 1. The van der Waals surface area contributed by atoms with Gasteiger partial charge in [-0.05, 0) is 19.1 Å². The molecule has 0 aliphatic carbocycles. The number of hydrogen-bond donors (Lipinski definition) is 1. The predicted octanol–water partition coefficient (Wildman–Crippen LogP) is 1.88. The molecule has 0 fully saturated rings. The van der Waals surface area contributed by atoms with Crippen molar-refractivity contribution in [2.24, 2.45) is 4.99 Å². The molecule has 0 saturated heterocycles. The van der Waals surface area contributed by atoms with E-state index in [0.717, 1.165) is 0 Å². The number of nitrogens with zero attached hydrogens (tertiary/aromatic N) is 1. The van der Waals surface area contributed by atoms with Gasteiger partial charge in [0.15, 0.2) is 5.54 Å². The minimum Gasteiger partial charge on any atom is -0.507 e. The Bertz CT molecular complexity index is 682. The van der Waals surface area contributed by atoms with Crippen molar-refractivity contribution in [3.63, 3.8) is 0 Å². The molecular formula is C19H27NO7S. The summed E-state index contributed by atoms with van der Waals surface area (Å²) >= 11 is 1.41. The van der Waals surface area contributed by atoms with Crippen LogP contribution in [-0.4, -0.2) is 81.3 Å². The third kappa shape index (κ3) is 6.37. The Morgan fingerprint density at radius 2 is 1.82 bits per heavy atom. The van der Waals surface area contributed by atoms with Gasteiger partial charge in [0.25, 0.3) is 0 Å². The topological polar surface area (TPSA) is 95.8 Å². The van der Waals surface area contributed by atoms with E-state index in [1.807, 2.05) is 0 Å². The molecule has 1 unspecified atom stereocenters. The average molecular weight is 413 g/mol. The highest BCUT2D eigenvalue weighted by Crippen LogP contribution is 2.35. The van der Waals surface area contributed by atoms with Gasteiger partial charge in [-0.1, -0.05) is 0 Å². The van der Waals surface area contributed by atoms with Gasteiger partial charge in [-0.15, -0.1) is 11.8 Å². The van der Waals surface area contributed by atoms with Crippen molar-refractivity contribution in [3.05, 3.63) is 23.8 Å². The van der Waals surface area contributed by atoms with Gasteiger partial charge in [0.2, 0.25) is 0 Å². The molecular weight excluding hydrogens is 386 g/mol. The summed E-state index contributed by atoms with van der Waals surface area (Å²) in [5, 5.41) is 10.9. The molecule has 1 aromatic rings. The number of esters is 1. The molecule has 1 atom stereocenters. The van der Waals surface area contributed by atoms with E-state index in [-0.39, 0.29) is 5.75 Å². The zero-order valence-electron chi connectivity index (χ0n) is 16.4. The third-order valence-electron chi connectivity index (χ3n) is 3.96. The lowest BCUT2D eigenvalue weighted by molar-refractivity contribution is -0.145. The molecule has 9 heteroatoms. The van der Waals surface area contributed by atoms with Crippen molar-refractivity contribution < 1.29 is 33.6 Å². The van der Waals surface area contributed by atoms with Crippen molar-refractivity contribution in [1.29, 1.82) is 0 Å². The zero-order chi connectivity index (χ0) is 20.4. The summed E-state index contributed by atoms with van der Waals surface area (Å²) in [4.78, 5) is 16.3. The normalized spacial score (nSPS) is 18.8. The van der Waals surface area contributed by atoms with Crippen LogP contribution in [0.15, 0.2) is 23.2 Å². The SMILES string of the molecule is COCCOCCOCCOc1ccc(C2=NC(C)(C(=O)OC)CS2)c(O)c1. The lowest BCUT2D eigenvalue weighted by atomic mass is 10.1. The minimum absolute atomic E-state index is 0.0466. The van der Waals surface area contributed by atoms with Crippen LogP contribution >= 0.6 is 11.8 Å². The van der Waals surface area contributed by atoms with Crippen molar-refractivity contribution in [1.82, 2.24) is 0 Å². The summed E-state index contributed by atoms with van der Waals surface area (Å²) in [5.41, 5.74) is -0.365. The van der Waals surface area contributed by atoms with E-state index in [1.54, 1.807) is 26.2 Å². The molecule has 1 aromatic carbocycles. The second-order valence-corrected chi connectivity index (χ2v) is 7.18. The van der Waals surface area contributed by atoms with Gasteiger partial charge in [0.05, 0.1) is 40.1 Å². The molecule has 2 rings (SSSR count). The fraction of sp³-hybridized carbons (Fsp3) is 0.579. The smallest absolute Gasteiger partial charge is 0.334 e. The summed E-state index contributed by atoms with van der Waals surface area (Å²) in [6.07, 6.45) is 0. The Hall–Kier alpha value is -1.81. The first-order valence-corrected chi connectivity index (χ1v) is 9.90. The predicted molar refractivity (Wildman–Crippen MR) is 107 cm³/mol. The number of ether oxygens (including phenoxy) is 5. The Labute approximate surface area is 169 Å². The molecule has 28 heavy (non-hydrogen) atoms. The van der Waals surface area contributed by atoms with Crippen LogP contribution in [0.4, 0.5) is 0 Å². The maximum absolute atomic E-state index is 11.9. The summed E-state index contributed by atoms with van der Waals surface area (Å²) in [6, 6.07) is 5.00. The van der Waals surface area contributed by atoms with E-state index in [2.05, 4.69) is 4.99 Å². The maximum atomic E-state index is 11.9. The Balaban J connectivity index is 1.78. The molecule has 0 bridgehead atoms. The second kappa shape index (κ2) is 11.3. The fourth-order valence-corrected chi connectivity index (χ4v) is 3.62. The molecule has 0 amide bonds. The number of thioether (sulfide) groups is 1. The van der Waals surface area contributed by atoms with Gasteiger partial charge in [-0.2, -0.15) is 0 Å². The highest BCUT2D eigenvalue weighted by atomic mass is 32.2. The van der Waals surface area contributed by atoms with Crippen LogP contribution < -0.4 is 4.74 Å². The van der Waals surface area contributed by atoms with E-state index in [1.165, 1.54) is 24.9 Å². The number of rotatable bonds is 12. The lowest BCUT2D eigenvalue weighted by Crippen LogP contribution is -2.34. The van der Waals surface area contributed by atoms with Gasteiger partial charge >= 0.3 is 5.97 Å². The van der Waals surface area contributed by atoms with Gasteiger partial charge in [0.1, 0.15) is 23.1 Å². The Morgan fingerprint density at radius 3 is 2.46 bits per heavy atom. The van der Waals surface area contributed by atoms with Crippen molar-refractivity contribution in [3.8, 4) is 11.5 Å². The molecule has 156 valence electrons. The van der Waals surface area contributed by atoms with Crippen LogP contribution in [0.1, 0.15) is 12.5 Å². The molecule has 8 nitrogen and oxygen atoms in total. The standard InChI is InChI=1S/C19H27NO7S/c1-19(18(22)24-3)13-28-17(20-19)15-5-4-14(12-16(15)21)27-11-10-26-9-8-25-7-6-23-2/h4-5,12,21H,6-11,13H2,1-3H3. The maximum Gasteiger partial charge on any atom is 0.334 e. The van der Waals surface area contributed by atoms with Crippen molar-refractivity contribution in [2.75, 3.05) is 59.6 Å². The van der Waals surface area contributed by atoms with E-state index < -0.39 is 11.5 Å². The monoisotopic (exact) mass is 413 g/mol. The first-order valence-electron chi connectivity index (χ1n) is 8.92. The van der Waals surface area contributed by atoms with Gasteiger partial charge in [-0.3, -0.25) is 4.99 Å². The van der Waals surface area contributed by atoms with Gasteiger partial charge < -0.3 is 28.8 Å². The van der Waals surface area contributed by atoms with E-state index in [4.69, 9.17) is 23.7 Å². The average Bonchev–Trinajstić information content (AvgIpc) is 3.09. The van der Waals surface area contributed by atoms with Crippen LogP contribution in [0.25, 0.3) is 0 Å². The largest absolute Gasteiger partial charge is 0.507 e. The van der Waals surface area contributed by atoms with Crippen LogP contribution in [-0.2, 0) is 23.7 Å². The number of hydrogen-bond acceptors (Lipinski definition) is 9. The van der Waals surface area contributed by atoms with E-state index in [0.29, 0.717) is 61.8 Å². The van der Waals surface area contributed by atoms with E-state index >= 15 is 0 Å². The summed E-state index contributed by atoms with van der Waals surface area (Å²) in [6.45, 7) is 4.58. The molecule has 0 radical (unpaired) electrons. The molecule has 1 aliphatic heterocycles. The van der Waals surface area contributed by atoms with Crippen LogP contribution in [0.2, 0.25) is 0 Å². The number of methoxy groups -OCH3 is 2. The molecule has 1 aliphatic rings. The Morgan fingerprint density at radius 1 is 1.14 bits per heavy atom. The first kappa shape index (κ1) is 22.5. The number of phenols is 1. The number of carbonyl (C=O) groups excluding carboxylic acids is 1. The summed E-state index contributed by atoms with van der Waals surface area (Å²) < 4.78 is 26.0. The lowest BCUT2D eigenvalue weighted by Gasteiger charge is -2.15. The Kier molecular flexibility index (Phi) is 9.04. The number of carbonyl (C=O) groups is 1. The highest BCUT2D eigenvalue weighted by molar-refractivity contribution is 8.14. The molecule has 1 N–H and O–H groups in total. The van der Waals surface area contributed by atoms with E-state index in [9.17, 15) is 9.90 Å². The fourth-order valence-electron chi connectivity index (χ4n) is 2.42. The van der Waals surface area contributed by atoms with Crippen molar-refractivity contribution >= 4 is 22.8 Å². The summed E-state index contributed by atoms with van der Waals surface area (Å²) in [7, 11) is 2.97. The molecule has 0 spiro atoms. The quantitative estimate of drug-likeness (QED) is 0.410. The number of phenolic OH excluding ortho intramolecular Hbond substituents is 1. The molecule has 1 heterocycles. The van der Waals surface area contributed by atoms with Crippen LogP contribution in [0.3, 0.4) is 0 Å². The van der Waals surface area contributed by atoms with Gasteiger partial charge in [-0.25, -0.2) is 4.79 Å². The second-order valence-electron chi connectivity index (χ2n) is 6.22. The minimum atomic E-state index is -0.930. The first-order chi connectivity index (χ1) is 13.5. The van der Waals surface area contributed by atoms with Crippen LogP contribution in [0, 0.1) is 0 Å². The number of aliphatic imine (C=N–C) groups is 1. The molecule has 0 saturated carbocycles. The summed E-state index contributed by atoms with van der Waals surface area (Å²) in [5.74, 6) is 0.656. The van der Waals surface area contributed by atoms with Gasteiger partial charge in [0, 0.05) is 24.5 Å². The number of aromatic hydroxyl groups is 1. The molecule has 0 aromatic heterocycles. The van der Waals surface area contributed by atoms with Crippen molar-refractivity contribution in [2.45, 2.75) is 12.5 Å². The van der Waals surface area contributed by atoms with Crippen LogP contribution in [0.5, 0.6) is 11.5 Å².